The van der Waals surface area contributed by atoms with Gasteiger partial charge in [-0.25, -0.2) is 4.79 Å². The van der Waals surface area contributed by atoms with Gasteiger partial charge in [-0.15, -0.1) is 0 Å². The SMILES string of the molecule is Cc1ccc(NC(=O)C(CCCCN)NC(=O)OCC2c3ccccc3-c3ccccc32)cn1. The summed E-state index contributed by atoms with van der Waals surface area (Å²) in [6, 6.07) is 19.2. The van der Waals surface area contributed by atoms with E-state index in [0.29, 0.717) is 25.1 Å². The molecule has 3 aromatic rings. The number of nitrogens with two attached hydrogens (primary N) is 1. The zero-order chi connectivity index (χ0) is 23.9. The van der Waals surface area contributed by atoms with Gasteiger partial charge in [0.1, 0.15) is 12.6 Å². The van der Waals surface area contributed by atoms with E-state index in [2.05, 4.69) is 39.9 Å². The van der Waals surface area contributed by atoms with Crippen molar-refractivity contribution >= 4 is 17.7 Å². The van der Waals surface area contributed by atoms with Crippen LogP contribution in [0.2, 0.25) is 0 Å². The molecular weight excluding hydrogens is 428 g/mol. The van der Waals surface area contributed by atoms with Crippen LogP contribution in [0.25, 0.3) is 11.1 Å². The van der Waals surface area contributed by atoms with Crippen LogP contribution in [0, 0.1) is 6.92 Å². The maximum Gasteiger partial charge on any atom is 0.407 e. The Balaban J connectivity index is 1.40. The van der Waals surface area contributed by atoms with Gasteiger partial charge in [-0.05, 0) is 67.1 Å². The molecule has 7 heteroatoms. The predicted molar refractivity (Wildman–Crippen MR) is 133 cm³/mol. The number of alkyl carbamates (subject to hydrolysis) is 1. The van der Waals surface area contributed by atoms with E-state index in [9.17, 15) is 9.59 Å². The van der Waals surface area contributed by atoms with E-state index in [1.165, 1.54) is 0 Å². The van der Waals surface area contributed by atoms with E-state index in [-0.39, 0.29) is 18.4 Å². The van der Waals surface area contributed by atoms with Gasteiger partial charge in [-0.1, -0.05) is 48.5 Å². The zero-order valence-electron chi connectivity index (χ0n) is 19.3. The summed E-state index contributed by atoms with van der Waals surface area (Å²) in [7, 11) is 0. The number of unbranched alkanes of at least 4 members (excludes halogenated alkanes) is 1. The molecule has 0 saturated heterocycles. The van der Waals surface area contributed by atoms with Crippen LogP contribution < -0.4 is 16.4 Å². The molecule has 1 aliphatic carbocycles. The molecule has 34 heavy (non-hydrogen) atoms. The first-order valence-corrected chi connectivity index (χ1v) is 11.6. The van der Waals surface area contributed by atoms with Gasteiger partial charge in [-0.3, -0.25) is 9.78 Å². The minimum atomic E-state index is -0.733. The number of pyridine rings is 1. The van der Waals surface area contributed by atoms with Gasteiger partial charge in [0.05, 0.1) is 11.9 Å². The number of rotatable bonds is 9. The number of carbonyl (C=O) groups is 2. The molecule has 1 aromatic heterocycles. The summed E-state index contributed by atoms with van der Waals surface area (Å²) in [5.41, 5.74) is 11.6. The van der Waals surface area contributed by atoms with Crippen LogP contribution in [0.3, 0.4) is 0 Å². The summed E-state index contributed by atoms with van der Waals surface area (Å²) in [5, 5.41) is 5.57. The highest BCUT2D eigenvalue weighted by atomic mass is 16.5. The molecule has 0 bridgehead atoms. The first kappa shape index (κ1) is 23.4. The molecule has 1 heterocycles. The quantitative estimate of drug-likeness (QED) is 0.413. The monoisotopic (exact) mass is 458 g/mol. The number of aromatic nitrogens is 1. The zero-order valence-corrected chi connectivity index (χ0v) is 19.3. The third kappa shape index (κ3) is 5.43. The Morgan fingerprint density at radius 1 is 1.00 bits per heavy atom. The molecule has 1 unspecified atom stereocenters. The van der Waals surface area contributed by atoms with Crippen molar-refractivity contribution in [3.63, 3.8) is 0 Å². The van der Waals surface area contributed by atoms with Crippen molar-refractivity contribution in [2.24, 2.45) is 5.73 Å². The van der Waals surface area contributed by atoms with Crippen molar-refractivity contribution in [2.75, 3.05) is 18.5 Å². The molecule has 4 N–H and O–H groups in total. The molecule has 0 radical (unpaired) electrons. The highest BCUT2D eigenvalue weighted by Crippen LogP contribution is 2.44. The summed E-state index contributed by atoms with van der Waals surface area (Å²) in [5.74, 6) is -0.350. The molecular formula is C27H30N4O3. The Bertz CT molecular complexity index is 1100. The van der Waals surface area contributed by atoms with Gasteiger partial charge in [0, 0.05) is 11.6 Å². The maximum absolute atomic E-state index is 12.9. The van der Waals surface area contributed by atoms with E-state index in [1.54, 1.807) is 12.3 Å². The van der Waals surface area contributed by atoms with Gasteiger partial charge in [-0.2, -0.15) is 0 Å². The Labute approximate surface area is 199 Å². The van der Waals surface area contributed by atoms with Crippen LogP contribution in [-0.2, 0) is 9.53 Å². The third-order valence-electron chi connectivity index (χ3n) is 6.08. The summed E-state index contributed by atoms with van der Waals surface area (Å²) in [6.07, 6.45) is 2.92. The normalized spacial score (nSPS) is 13.0. The molecule has 1 aliphatic rings. The highest BCUT2D eigenvalue weighted by Gasteiger charge is 2.29. The topological polar surface area (TPSA) is 106 Å². The second-order valence-corrected chi connectivity index (χ2v) is 8.48. The van der Waals surface area contributed by atoms with Crippen molar-refractivity contribution in [3.05, 3.63) is 83.7 Å². The first-order valence-electron chi connectivity index (χ1n) is 11.6. The Morgan fingerprint density at radius 3 is 2.29 bits per heavy atom. The molecule has 1 atom stereocenters. The largest absolute Gasteiger partial charge is 0.449 e. The van der Waals surface area contributed by atoms with Crippen LogP contribution in [-0.4, -0.2) is 36.2 Å². The number of nitrogens with zero attached hydrogens (tertiary/aromatic N) is 1. The fraction of sp³-hybridized carbons (Fsp3) is 0.296. The maximum atomic E-state index is 12.9. The van der Waals surface area contributed by atoms with Crippen LogP contribution >= 0.6 is 0 Å². The summed E-state index contributed by atoms with van der Waals surface area (Å²) in [4.78, 5) is 29.8. The smallest absolute Gasteiger partial charge is 0.407 e. The number of amides is 2. The first-order chi connectivity index (χ1) is 16.6. The van der Waals surface area contributed by atoms with E-state index in [1.807, 2.05) is 37.3 Å². The highest BCUT2D eigenvalue weighted by molar-refractivity contribution is 5.96. The standard InChI is InChI=1S/C27H30N4O3/c1-18-13-14-19(16-29-18)30-26(32)25(12-6-7-15-28)31-27(33)34-17-24-22-10-4-2-8-20(22)21-9-3-5-11-23(21)24/h2-5,8-11,13-14,16,24-25H,6-7,12,15,17,28H2,1H3,(H,30,32)(H,31,33). The van der Waals surface area contributed by atoms with Crippen LogP contribution in [0.15, 0.2) is 66.9 Å². The number of carbonyl (C=O) groups excluding carboxylic acids is 2. The molecule has 0 fully saturated rings. The second kappa shape index (κ2) is 10.9. The average Bonchev–Trinajstić information content (AvgIpc) is 3.17. The molecule has 0 spiro atoms. The third-order valence-corrected chi connectivity index (χ3v) is 6.08. The minimum Gasteiger partial charge on any atom is -0.449 e. The number of benzene rings is 2. The van der Waals surface area contributed by atoms with Crippen molar-refractivity contribution < 1.29 is 14.3 Å². The van der Waals surface area contributed by atoms with E-state index < -0.39 is 12.1 Å². The number of fused-ring (bicyclic) bond motifs is 3. The molecule has 4 rings (SSSR count). The lowest BCUT2D eigenvalue weighted by Gasteiger charge is -2.20. The van der Waals surface area contributed by atoms with Gasteiger partial charge in [0.15, 0.2) is 0 Å². The van der Waals surface area contributed by atoms with Crippen molar-refractivity contribution in [1.29, 1.82) is 0 Å². The van der Waals surface area contributed by atoms with Crippen molar-refractivity contribution in [3.8, 4) is 11.1 Å². The fourth-order valence-electron chi connectivity index (χ4n) is 4.32. The number of ether oxygens (including phenoxy) is 1. The number of aryl methyl sites for hydroxylation is 1. The Hall–Kier alpha value is -3.71. The van der Waals surface area contributed by atoms with E-state index in [4.69, 9.17) is 10.5 Å². The van der Waals surface area contributed by atoms with Crippen LogP contribution in [0.4, 0.5) is 10.5 Å². The lowest BCUT2D eigenvalue weighted by molar-refractivity contribution is -0.118. The average molecular weight is 459 g/mol. The molecule has 2 aromatic carbocycles. The summed E-state index contributed by atoms with van der Waals surface area (Å²) >= 11 is 0. The van der Waals surface area contributed by atoms with Crippen molar-refractivity contribution in [2.45, 2.75) is 38.1 Å². The van der Waals surface area contributed by atoms with Crippen LogP contribution in [0.5, 0.6) is 0 Å². The number of nitrogens with one attached hydrogen (secondary N) is 2. The summed E-state index contributed by atoms with van der Waals surface area (Å²) in [6.45, 7) is 2.60. The summed E-state index contributed by atoms with van der Waals surface area (Å²) < 4.78 is 5.63. The molecule has 0 saturated carbocycles. The number of hydrogen-bond acceptors (Lipinski definition) is 5. The van der Waals surface area contributed by atoms with Gasteiger partial charge >= 0.3 is 6.09 Å². The lowest BCUT2D eigenvalue weighted by atomic mass is 9.98. The predicted octanol–water partition coefficient (Wildman–Crippen LogP) is 4.36. The fourth-order valence-corrected chi connectivity index (χ4v) is 4.32. The molecule has 7 nitrogen and oxygen atoms in total. The Morgan fingerprint density at radius 2 is 1.68 bits per heavy atom. The lowest BCUT2D eigenvalue weighted by Crippen LogP contribution is -2.44. The van der Waals surface area contributed by atoms with Gasteiger partial charge in [0.2, 0.25) is 5.91 Å². The molecule has 0 aliphatic heterocycles. The number of hydrogen-bond donors (Lipinski definition) is 3. The van der Waals surface area contributed by atoms with Gasteiger partial charge < -0.3 is 21.1 Å². The Kier molecular flexibility index (Phi) is 7.54. The van der Waals surface area contributed by atoms with E-state index >= 15 is 0 Å². The van der Waals surface area contributed by atoms with Crippen molar-refractivity contribution in [1.82, 2.24) is 10.3 Å². The van der Waals surface area contributed by atoms with E-state index in [0.717, 1.165) is 34.4 Å². The minimum absolute atomic E-state index is 0.0405. The van der Waals surface area contributed by atoms with Gasteiger partial charge in [0.25, 0.3) is 0 Å². The van der Waals surface area contributed by atoms with Crippen LogP contribution in [0.1, 0.15) is 42.0 Å². The number of anilines is 1. The molecule has 176 valence electrons. The second-order valence-electron chi connectivity index (χ2n) is 8.48. The molecule has 2 amide bonds.